The third kappa shape index (κ3) is 4.89. The Morgan fingerprint density at radius 3 is 1.81 bits per heavy atom. The minimum absolute atomic E-state index is 0.785. The summed E-state index contributed by atoms with van der Waals surface area (Å²) >= 11 is 0. The summed E-state index contributed by atoms with van der Waals surface area (Å²) in [6, 6.07) is 16.3. The molecule has 0 bridgehead atoms. The lowest BCUT2D eigenvalue weighted by molar-refractivity contribution is 0.922. The van der Waals surface area contributed by atoms with Crippen LogP contribution in [0.3, 0.4) is 0 Å². The molecule has 2 nitrogen and oxygen atoms in total. The van der Waals surface area contributed by atoms with Crippen LogP contribution in [-0.4, -0.2) is 0 Å². The van der Waals surface area contributed by atoms with Gasteiger partial charge in [-0.2, -0.15) is 10.2 Å². The molecule has 2 heteroatoms. The van der Waals surface area contributed by atoms with E-state index >= 15 is 0 Å². The Hall–Kier alpha value is -2.40. The van der Waals surface area contributed by atoms with Gasteiger partial charge >= 0.3 is 0 Å². The fraction of sp³-hybridized carbons (Fsp3) is 0.263. The molecule has 0 saturated carbocycles. The SMILES string of the molecule is CC#CCc1ccc(N=Nc2ccc(CCC)cc2)cc1. The number of aryl methyl sites for hydroxylation is 1. The number of benzene rings is 2. The van der Waals surface area contributed by atoms with Crippen molar-refractivity contribution in [1.29, 1.82) is 0 Å². The summed E-state index contributed by atoms with van der Waals surface area (Å²) in [6.07, 6.45) is 3.06. The van der Waals surface area contributed by atoms with Gasteiger partial charge in [0, 0.05) is 6.42 Å². The van der Waals surface area contributed by atoms with E-state index in [2.05, 4.69) is 41.1 Å². The van der Waals surface area contributed by atoms with Gasteiger partial charge in [0.25, 0.3) is 0 Å². The van der Waals surface area contributed by atoms with E-state index in [0.717, 1.165) is 30.6 Å². The highest BCUT2D eigenvalue weighted by molar-refractivity contribution is 5.42. The van der Waals surface area contributed by atoms with E-state index < -0.39 is 0 Å². The molecule has 2 aromatic rings. The second kappa shape index (κ2) is 8.01. The van der Waals surface area contributed by atoms with Crippen molar-refractivity contribution in [2.24, 2.45) is 10.2 Å². The zero-order chi connectivity index (χ0) is 14.9. The molecule has 0 aliphatic rings. The van der Waals surface area contributed by atoms with E-state index in [9.17, 15) is 0 Å². The molecule has 2 aromatic carbocycles. The van der Waals surface area contributed by atoms with E-state index in [-0.39, 0.29) is 0 Å². The van der Waals surface area contributed by atoms with Crippen LogP contribution in [0.5, 0.6) is 0 Å². The van der Waals surface area contributed by atoms with Crippen LogP contribution in [0.4, 0.5) is 11.4 Å². The predicted octanol–water partition coefficient (Wildman–Crippen LogP) is 5.62. The zero-order valence-corrected chi connectivity index (χ0v) is 12.6. The van der Waals surface area contributed by atoms with E-state index in [0.29, 0.717) is 0 Å². The van der Waals surface area contributed by atoms with Gasteiger partial charge in [-0.25, -0.2) is 0 Å². The van der Waals surface area contributed by atoms with Crippen LogP contribution in [0, 0.1) is 11.8 Å². The summed E-state index contributed by atoms with van der Waals surface area (Å²) in [6.45, 7) is 4.04. The number of hydrogen-bond acceptors (Lipinski definition) is 2. The van der Waals surface area contributed by atoms with Crippen molar-refractivity contribution < 1.29 is 0 Å². The summed E-state index contributed by atoms with van der Waals surface area (Å²) < 4.78 is 0. The molecule has 0 aromatic heterocycles. The largest absolute Gasteiger partial charge is 0.151 e. The van der Waals surface area contributed by atoms with Gasteiger partial charge in [0.2, 0.25) is 0 Å². The van der Waals surface area contributed by atoms with Crippen molar-refractivity contribution in [3.8, 4) is 11.8 Å². The van der Waals surface area contributed by atoms with Crippen molar-refractivity contribution in [3.05, 3.63) is 59.7 Å². The minimum Gasteiger partial charge on any atom is -0.151 e. The molecule has 0 heterocycles. The first-order chi connectivity index (χ1) is 10.3. The molecule has 0 fully saturated rings. The van der Waals surface area contributed by atoms with Crippen LogP contribution in [0.1, 0.15) is 31.4 Å². The molecule has 0 saturated heterocycles. The van der Waals surface area contributed by atoms with Gasteiger partial charge in [-0.3, -0.25) is 0 Å². The van der Waals surface area contributed by atoms with Crippen LogP contribution in [0.25, 0.3) is 0 Å². The number of hydrogen-bond donors (Lipinski definition) is 0. The zero-order valence-electron chi connectivity index (χ0n) is 12.6. The summed E-state index contributed by atoms with van der Waals surface area (Å²) in [7, 11) is 0. The normalized spacial score (nSPS) is 10.4. The molecule has 21 heavy (non-hydrogen) atoms. The maximum absolute atomic E-state index is 4.27. The molecule has 0 radical (unpaired) electrons. The Labute approximate surface area is 126 Å². The van der Waals surface area contributed by atoms with Crippen LogP contribution in [0.2, 0.25) is 0 Å². The fourth-order valence-corrected chi connectivity index (χ4v) is 2.00. The highest BCUT2D eigenvalue weighted by Gasteiger charge is 1.94. The lowest BCUT2D eigenvalue weighted by atomic mass is 10.1. The summed E-state index contributed by atoms with van der Waals surface area (Å²) in [4.78, 5) is 0. The van der Waals surface area contributed by atoms with E-state index in [4.69, 9.17) is 0 Å². The molecule has 0 aliphatic carbocycles. The highest BCUT2D eigenvalue weighted by Crippen LogP contribution is 2.19. The second-order valence-corrected chi connectivity index (χ2v) is 4.89. The predicted molar refractivity (Wildman–Crippen MR) is 88.2 cm³/mol. The van der Waals surface area contributed by atoms with Gasteiger partial charge in [-0.1, -0.05) is 43.5 Å². The molecule has 0 aliphatic heterocycles. The maximum atomic E-state index is 4.27. The molecule has 0 N–H and O–H groups in total. The Morgan fingerprint density at radius 1 is 0.810 bits per heavy atom. The van der Waals surface area contributed by atoms with Crippen molar-refractivity contribution >= 4 is 11.4 Å². The lowest BCUT2D eigenvalue weighted by Crippen LogP contribution is -1.80. The molecule has 0 amide bonds. The first kappa shape index (κ1) is 15.0. The lowest BCUT2D eigenvalue weighted by Gasteiger charge is -1.99. The maximum Gasteiger partial charge on any atom is 0.0857 e. The molecule has 0 unspecified atom stereocenters. The van der Waals surface area contributed by atoms with Gasteiger partial charge in [0.1, 0.15) is 0 Å². The van der Waals surface area contributed by atoms with Gasteiger partial charge in [0.15, 0.2) is 0 Å². The van der Waals surface area contributed by atoms with Gasteiger partial charge in [-0.05, 0) is 48.7 Å². The molecular weight excluding hydrogens is 256 g/mol. The van der Waals surface area contributed by atoms with E-state index in [1.54, 1.807) is 0 Å². The van der Waals surface area contributed by atoms with E-state index in [1.807, 2.05) is 43.3 Å². The van der Waals surface area contributed by atoms with Crippen LogP contribution >= 0.6 is 0 Å². The monoisotopic (exact) mass is 276 g/mol. The van der Waals surface area contributed by atoms with Gasteiger partial charge in [0.05, 0.1) is 11.4 Å². The summed E-state index contributed by atoms with van der Waals surface area (Å²) in [5, 5.41) is 8.53. The average Bonchev–Trinajstić information content (AvgIpc) is 2.53. The third-order valence-corrected chi connectivity index (χ3v) is 3.16. The molecule has 0 spiro atoms. The first-order valence-corrected chi connectivity index (χ1v) is 7.31. The number of nitrogens with zero attached hydrogens (tertiary/aromatic N) is 2. The number of azo groups is 1. The van der Waals surface area contributed by atoms with Crippen LogP contribution < -0.4 is 0 Å². The Bertz CT molecular complexity index is 641. The van der Waals surface area contributed by atoms with Crippen molar-refractivity contribution in [1.82, 2.24) is 0 Å². The highest BCUT2D eigenvalue weighted by atomic mass is 15.1. The van der Waals surface area contributed by atoms with Crippen molar-refractivity contribution in [2.75, 3.05) is 0 Å². The van der Waals surface area contributed by atoms with Crippen LogP contribution in [0.15, 0.2) is 58.8 Å². The number of rotatable bonds is 5. The molecule has 2 rings (SSSR count). The topological polar surface area (TPSA) is 24.7 Å². The smallest absolute Gasteiger partial charge is 0.0857 e. The van der Waals surface area contributed by atoms with Gasteiger partial charge in [-0.15, -0.1) is 5.92 Å². The first-order valence-electron chi connectivity index (χ1n) is 7.31. The summed E-state index contributed by atoms with van der Waals surface area (Å²) in [5.41, 5.74) is 4.29. The molecule has 106 valence electrons. The van der Waals surface area contributed by atoms with Crippen molar-refractivity contribution in [3.63, 3.8) is 0 Å². The fourth-order valence-electron chi connectivity index (χ4n) is 2.00. The molecule has 0 atom stereocenters. The quantitative estimate of drug-likeness (QED) is 0.500. The average molecular weight is 276 g/mol. The van der Waals surface area contributed by atoms with Crippen LogP contribution in [-0.2, 0) is 12.8 Å². The third-order valence-electron chi connectivity index (χ3n) is 3.16. The Morgan fingerprint density at radius 2 is 1.33 bits per heavy atom. The molecular formula is C19H20N2. The Balaban J connectivity index is 2.00. The minimum atomic E-state index is 0.785. The van der Waals surface area contributed by atoms with Gasteiger partial charge < -0.3 is 0 Å². The van der Waals surface area contributed by atoms with E-state index in [1.165, 1.54) is 11.1 Å². The van der Waals surface area contributed by atoms with Crippen molar-refractivity contribution in [2.45, 2.75) is 33.1 Å². The second-order valence-electron chi connectivity index (χ2n) is 4.89. The Kier molecular flexibility index (Phi) is 5.72. The standard InChI is InChI=1S/C19H20N2/c1-3-5-7-17-10-14-19(15-11-17)21-20-18-12-8-16(6-4-2)9-13-18/h8-15H,4,6-7H2,1-2H3. The summed E-state index contributed by atoms with van der Waals surface area (Å²) in [5.74, 6) is 5.95.